The Balaban J connectivity index is 0.000000585. The number of aliphatic carboxylic acids is 2. The quantitative estimate of drug-likeness (QED) is 0.289. The molecule has 1 amide bonds. The molecule has 0 radical (unpaired) electrons. The number of halogens is 1. The Kier molecular flexibility index (Phi) is 9.93. The van der Waals surface area contributed by atoms with Crippen LogP contribution in [-0.2, 0) is 40.2 Å². The van der Waals surface area contributed by atoms with Crippen LogP contribution in [0.4, 0.5) is 4.39 Å². The van der Waals surface area contributed by atoms with E-state index in [2.05, 4.69) is 11.8 Å². The molecule has 3 aromatic rings. The van der Waals surface area contributed by atoms with Crippen molar-refractivity contribution in [2.75, 3.05) is 26.2 Å². The van der Waals surface area contributed by atoms with E-state index in [0.717, 1.165) is 85.4 Å². The third-order valence-corrected chi connectivity index (χ3v) is 10.5. The van der Waals surface area contributed by atoms with Gasteiger partial charge in [-0.3, -0.25) is 9.59 Å². The first-order valence-electron chi connectivity index (χ1n) is 13.8. The minimum Gasteiger partial charge on any atom is -0.473 e. The second-order valence-corrected chi connectivity index (χ2v) is 12.7. The van der Waals surface area contributed by atoms with Crippen LogP contribution in [-0.4, -0.2) is 69.8 Å². The number of amides is 1. The summed E-state index contributed by atoms with van der Waals surface area (Å²) in [6.07, 6.45) is 5.15. The van der Waals surface area contributed by atoms with Gasteiger partial charge in [-0.1, -0.05) is 13.0 Å². The molecule has 2 aliphatic heterocycles. The van der Waals surface area contributed by atoms with Crippen LogP contribution in [0.15, 0.2) is 18.2 Å². The van der Waals surface area contributed by atoms with Gasteiger partial charge in [-0.2, -0.15) is 0 Å². The number of fused-ring (bicyclic) bond motifs is 2. The zero-order chi connectivity index (χ0) is 29.8. The molecular weight excluding hydrogens is 567 g/mol. The van der Waals surface area contributed by atoms with E-state index >= 15 is 0 Å². The molecule has 0 aliphatic carbocycles. The summed E-state index contributed by atoms with van der Waals surface area (Å²) >= 11 is 3.36. The third-order valence-electron chi connectivity index (χ3n) is 7.89. The minimum absolute atomic E-state index is 0.0844. The van der Waals surface area contributed by atoms with Gasteiger partial charge in [-0.15, -0.1) is 22.7 Å². The highest BCUT2D eigenvalue weighted by atomic mass is 32.1. The van der Waals surface area contributed by atoms with Gasteiger partial charge in [0.05, 0.1) is 11.4 Å². The number of likely N-dealkylation sites (tertiary alicyclic amines) is 1. The first-order valence-corrected chi connectivity index (χ1v) is 15.4. The molecule has 1 saturated heterocycles. The van der Waals surface area contributed by atoms with Crippen molar-refractivity contribution in [2.24, 2.45) is 0 Å². The van der Waals surface area contributed by atoms with Crippen molar-refractivity contribution in [2.45, 2.75) is 65.3 Å². The minimum atomic E-state index is -1.82. The molecule has 0 spiro atoms. The van der Waals surface area contributed by atoms with Gasteiger partial charge < -0.3 is 20.0 Å². The number of carbonyl (C=O) groups is 4. The molecular formula is C30H35FN2O6S2. The number of thiophene rings is 2. The van der Waals surface area contributed by atoms with Crippen molar-refractivity contribution in [3.05, 3.63) is 55.3 Å². The van der Waals surface area contributed by atoms with Crippen LogP contribution in [0.5, 0.6) is 0 Å². The van der Waals surface area contributed by atoms with E-state index < -0.39 is 11.9 Å². The molecule has 41 heavy (non-hydrogen) atoms. The van der Waals surface area contributed by atoms with E-state index in [9.17, 15) is 14.0 Å². The number of Topliss-reactive ketones (excluding diaryl/α,β-unsaturated/α-hetero) is 1. The van der Waals surface area contributed by atoms with Crippen molar-refractivity contribution in [3.8, 4) is 0 Å². The number of benzene rings is 1. The largest absolute Gasteiger partial charge is 0.473 e. The second kappa shape index (κ2) is 13.2. The molecule has 2 N–H and O–H groups in total. The number of piperidine rings is 1. The Morgan fingerprint density at radius 2 is 1.71 bits per heavy atom. The topological polar surface area (TPSA) is 115 Å². The van der Waals surface area contributed by atoms with Crippen LogP contribution < -0.4 is 0 Å². The summed E-state index contributed by atoms with van der Waals surface area (Å²) < 4.78 is 14.7. The fraction of sp³-hybridized carbons (Fsp3) is 0.467. The fourth-order valence-electron chi connectivity index (χ4n) is 5.87. The summed E-state index contributed by atoms with van der Waals surface area (Å²) in [4.78, 5) is 50.6. The van der Waals surface area contributed by atoms with Crippen molar-refractivity contribution in [1.82, 2.24) is 9.80 Å². The lowest BCUT2D eigenvalue weighted by atomic mass is 9.87. The van der Waals surface area contributed by atoms with Crippen molar-refractivity contribution in [3.63, 3.8) is 0 Å². The highest BCUT2D eigenvalue weighted by Crippen LogP contribution is 2.41. The molecule has 220 valence electrons. The average Bonchev–Trinajstić information content (AvgIpc) is 3.49. The highest BCUT2D eigenvalue weighted by molar-refractivity contribution is 7.21. The maximum absolute atomic E-state index is 13.8. The summed E-state index contributed by atoms with van der Waals surface area (Å²) in [5.74, 6) is -3.29. The van der Waals surface area contributed by atoms with Crippen molar-refractivity contribution >= 4 is 56.4 Å². The molecule has 1 aromatic carbocycles. The molecule has 0 bridgehead atoms. The average molecular weight is 603 g/mol. The van der Waals surface area contributed by atoms with Gasteiger partial charge in [-0.05, 0) is 92.2 Å². The van der Waals surface area contributed by atoms with Crippen molar-refractivity contribution in [1.29, 1.82) is 0 Å². The number of hydrogen-bond donors (Lipinski definition) is 2. The Morgan fingerprint density at radius 1 is 1.02 bits per heavy atom. The van der Waals surface area contributed by atoms with Crippen LogP contribution in [0.3, 0.4) is 0 Å². The number of carboxylic acids is 2. The van der Waals surface area contributed by atoms with Gasteiger partial charge in [0.2, 0.25) is 5.91 Å². The Morgan fingerprint density at radius 3 is 2.29 bits per heavy atom. The molecule has 2 aromatic heterocycles. The Labute approximate surface area is 246 Å². The monoisotopic (exact) mass is 602 g/mol. The van der Waals surface area contributed by atoms with Gasteiger partial charge in [0.1, 0.15) is 5.82 Å². The van der Waals surface area contributed by atoms with Crippen LogP contribution in [0.2, 0.25) is 0 Å². The highest BCUT2D eigenvalue weighted by Gasteiger charge is 2.28. The molecule has 4 heterocycles. The van der Waals surface area contributed by atoms with Gasteiger partial charge in [0.25, 0.3) is 0 Å². The lowest BCUT2D eigenvalue weighted by molar-refractivity contribution is -0.159. The van der Waals surface area contributed by atoms with Crippen LogP contribution in [0, 0.1) is 5.82 Å². The van der Waals surface area contributed by atoms with E-state index in [1.54, 1.807) is 19.9 Å². The molecule has 0 atom stereocenters. The SMILES string of the molecule is CCc1c(CCN2CCC(c3c(C(C)=O)sc4cc(F)ccc34)CC2)sc2c1CCN(C(C)=O)C2.O=C(O)C(=O)O. The smallest absolute Gasteiger partial charge is 0.414 e. The molecule has 0 unspecified atom stereocenters. The summed E-state index contributed by atoms with van der Waals surface area (Å²) in [6.45, 7) is 10.2. The van der Waals surface area contributed by atoms with Crippen LogP contribution in [0.25, 0.3) is 10.1 Å². The zero-order valence-corrected chi connectivity index (χ0v) is 25.1. The maximum atomic E-state index is 13.8. The molecule has 0 saturated carbocycles. The molecule has 1 fully saturated rings. The number of hydrogen-bond acceptors (Lipinski definition) is 7. The van der Waals surface area contributed by atoms with Gasteiger partial charge in [0, 0.05) is 34.5 Å². The molecule has 2 aliphatic rings. The molecule has 11 heteroatoms. The Bertz CT molecular complexity index is 1460. The molecule has 5 rings (SSSR count). The fourth-order valence-corrected chi connectivity index (χ4v) is 8.53. The lowest BCUT2D eigenvalue weighted by Gasteiger charge is -2.32. The summed E-state index contributed by atoms with van der Waals surface area (Å²) in [5.41, 5.74) is 4.17. The van der Waals surface area contributed by atoms with Gasteiger partial charge >= 0.3 is 11.9 Å². The van der Waals surface area contributed by atoms with Gasteiger partial charge in [0.15, 0.2) is 5.78 Å². The van der Waals surface area contributed by atoms with Crippen LogP contribution in [0.1, 0.15) is 75.6 Å². The van der Waals surface area contributed by atoms with Gasteiger partial charge in [-0.25, -0.2) is 14.0 Å². The number of nitrogens with zero attached hydrogens (tertiary/aromatic N) is 2. The van der Waals surface area contributed by atoms with E-state index in [4.69, 9.17) is 19.8 Å². The lowest BCUT2D eigenvalue weighted by Crippen LogP contribution is -2.34. The Hall–Kier alpha value is -3.15. The normalized spacial score (nSPS) is 15.8. The predicted octanol–water partition coefficient (Wildman–Crippen LogP) is 5.35. The van der Waals surface area contributed by atoms with E-state index in [1.165, 1.54) is 38.3 Å². The van der Waals surface area contributed by atoms with E-state index in [-0.39, 0.29) is 17.5 Å². The number of ketones is 1. The number of carboxylic acid groups (broad SMARTS) is 2. The molecule has 8 nitrogen and oxygen atoms in total. The standard InChI is InChI=1S/C28H33FN2O2S2.C2H2O4/c1-4-21-22-9-14-31(18(3)33)16-26(22)34-24(21)10-13-30-11-7-19(8-12-30)27-23-6-5-20(29)15-25(23)35-28(27)17(2)32;3-1(4)2(5)6/h5-6,15,19H,4,7-14,16H2,1-3H3;(H,3,4)(H,5,6). The summed E-state index contributed by atoms with van der Waals surface area (Å²) in [5, 5.41) is 15.8. The maximum Gasteiger partial charge on any atom is 0.414 e. The summed E-state index contributed by atoms with van der Waals surface area (Å²) in [6, 6.07) is 4.93. The predicted molar refractivity (Wildman–Crippen MR) is 158 cm³/mol. The van der Waals surface area contributed by atoms with E-state index in [1.807, 2.05) is 22.3 Å². The number of carbonyl (C=O) groups excluding carboxylic acids is 2. The first kappa shape index (κ1) is 30.8. The number of rotatable bonds is 6. The van der Waals surface area contributed by atoms with E-state index in [0.29, 0.717) is 5.92 Å². The summed E-state index contributed by atoms with van der Waals surface area (Å²) in [7, 11) is 0. The van der Waals surface area contributed by atoms with Crippen LogP contribution >= 0.6 is 22.7 Å². The third kappa shape index (κ3) is 7.02. The first-order chi connectivity index (χ1) is 19.5. The second-order valence-electron chi connectivity index (χ2n) is 10.5. The zero-order valence-electron chi connectivity index (χ0n) is 23.5. The van der Waals surface area contributed by atoms with Crippen molar-refractivity contribution < 1.29 is 33.8 Å².